The molecule has 0 amide bonds. The molecule has 0 heterocycles. The number of unbranched alkanes of at least 4 members (excludes halogenated alkanes) is 7. The van der Waals surface area contributed by atoms with Crippen molar-refractivity contribution in [2.45, 2.75) is 185 Å². The molecule has 1 aliphatic rings. The fourth-order valence-corrected chi connectivity index (χ4v) is 7.32. The lowest BCUT2D eigenvalue weighted by atomic mass is 9.85. The monoisotopic (exact) mass is 949 g/mol. The fraction of sp³-hybridized carbons (Fsp3) is 0.608. The fourth-order valence-electron chi connectivity index (χ4n) is 6.34. The minimum atomic E-state index is -5.20. The second-order valence-corrected chi connectivity index (χ2v) is 17.5. The van der Waals surface area contributed by atoms with Crippen molar-refractivity contribution < 1.29 is 68.2 Å². The number of aliphatic hydroxyl groups excluding tert-OH is 6. The average molecular weight is 949 g/mol. The van der Waals surface area contributed by atoms with E-state index in [2.05, 4.69) is 92.8 Å². The minimum Gasteiger partial charge on any atom is -0.462 e. The number of allylic oxidation sites excluding steroid dienone is 17. The number of ether oxygens (including phenoxy) is 2. The Hall–Kier alpha value is -3.53. The maximum atomic E-state index is 12.8. The quantitative estimate of drug-likeness (QED) is 0.0102. The van der Waals surface area contributed by atoms with Crippen molar-refractivity contribution in [1.29, 1.82) is 0 Å². The summed E-state index contributed by atoms with van der Waals surface area (Å²) in [7, 11) is -5.20. The SMILES string of the molecule is CC/C=C\C/C=C\C/C=C\C/C=C\C/C=C\C=C/C(O)CCC(=O)O[C@H](COC(=O)CCCCCC/C=C\C/C=C\C/C=C\CCCCC)COP(=O)(O)OC1[C@H](O)[C@H](O)C(O)[C@H](O)[C@H]1O. The number of hydrogen-bond acceptors (Lipinski definition) is 13. The second-order valence-electron chi connectivity index (χ2n) is 16.1. The van der Waals surface area contributed by atoms with Gasteiger partial charge < -0.3 is 45.0 Å². The van der Waals surface area contributed by atoms with Crippen LogP contribution in [0.3, 0.4) is 0 Å². The molecule has 0 aromatic carbocycles. The predicted molar refractivity (Wildman–Crippen MR) is 259 cm³/mol. The molecule has 374 valence electrons. The summed E-state index contributed by atoms with van der Waals surface area (Å²) in [5.74, 6) is -1.42. The average Bonchev–Trinajstić information content (AvgIpc) is 3.30. The molecule has 66 heavy (non-hydrogen) atoms. The Morgan fingerprint density at radius 2 is 1.05 bits per heavy atom. The van der Waals surface area contributed by atoms with Crippen LogP contribution in [0.15, 0.2) is 109 Å². The van der Waals surface area contributed by atoms with E-state index in [4.69, 9.17) is 18.5 Å². The number of aliphatic hydroxyl groups is 6. The van der Waals surface area contributed by atoms with Crippen LogP contribution in [0.1, 0.15) is 136 Å². The Bertz CT molecular complexity index is 1580. The molecule has 1 aliphatic carbocycles. The molecule has 9 atom stereocenters. The number of carbonyl (C=O) groups is 2. The largest absolute Gasteiger partial charge is 0.472 e. The highest BCUT2D eigenvalue weighted by molar-refractivity contribution is 7.47. The van der Waals surface area contributed by atoms with Gasteiger partial charge in [0, 0.05) is 12.8 Å². The van der Waals surface area contributed by atoms with E-state index in [1.54, 1.807) is 12.2 Å². The summed E-state index contributed by atoms with van der Waals surface area (Å²) in [5.41, 5.74) is 0. The Morgan fingerprint density at radius 1 is 0.561 bits per heavy atom. The van der Waals surface area contributed by atoms with Gasteiger partial charge in [-0.1, -0.05) is 149 Å². The lowest BCUT2D eigenvalue weighted by Crippen LogP contribution is -2.64. The third kappa shape index (κ3) is 31.4. The molecule has 0 spiro atoms. The Kier molecular flexibility index (Phi) is 36.2. The van der Waals surface area contributed by atoms with Gasteiger partial charge in [-0.3, -0.25) is 18.6 Å². The molecule has 0 radical (unpaired) electrons. The summed E-state index contributed by atoms with van der Waals surface area (Å²) in [6.45, 7) is 2.92. The lowest BCUT2D eigenvalue weighted by molar-refractivity contribution is -0.220. The summed E-state index contributed by atoms with van der Waals surface area (Å²) in [5, 5.41) is 60.6. The lowest BCUT2D eigenvalue weighted by Gasteiger charge is -2.41. The normalized spacial score (nSPS) is 22.7. The van der Waals surface area contributed by atoms with Gasteiger partial charge in [0.2, 0.25) is 0 Å². The van der Waals surface area contributed by atoms with Crippen molar-refractivity contribution >= 4 is 19.8 Å². The van der Waals surface area contributed by atoms with Crippen LogP contribution in [0.25, 0.3) is 0 Å². The predicted octanol–water partition coefficient (Wildman–Crippen LogP) is 8.58. The number of carbonyl (C=O) groups excluding carboxylic acids is 2. The summed E-state index contributed by atoms with van der Waals surface area (Å²) in [4.78, 5) is 35.8. The summed E-state index contributed by atoms with van der Waals surface area (Å²) >= 11 is 0. The van der Waals surface area contributed by atoms with E-state index >= 15 is 0 Å². The minimum absolute atomic E-state index is 0.0209. The topological polar surface area (TPSA) is 230 Å². The number of esters is 2. The molecule has 0 saturated heterocycles. The van der Waals surface area contributed by atoms with E-state index in [0.29, 0.717) is 12.8 Å². The van der Waals surface area contributed by atoms with Gasteiger partial charge in [-0.15, -0.1) is 0 Å². The first kappa shape index (κ1) is 60.5. The van der Waals surface area contributed by atoms with Gasteiger partial charge in [0.25, 0.3) is 0 Å². The van der Waals surface area contributed by atoms with Gasteiger partial charge >= 0.3 is 19.8 Å². The van der Waals surface area contributed by atoms with Crippen molar-refractivity contribution in [3.63, 3.8) is 0 Å². The highest BCUT2D eigenvalue weighted by Gasteiger charge is 2.51. The molecule has 1 rings (SSSR count). The van der Waals surface area contributed by atoms with Gasteiger partial charge in [-0.2, -0.15) is 0 Å². The first-order chi connectivity index (χ1) is 31.8. The molecule has 7 N–H and O–H groups in total. The summed E-state index contributed by atoms with van der Waals surface area (Å²) in [6.07, 6.45) is 37.3. The Morgan fingerprint density at radius 3 is 1.59 bits per heavy atom. The standard InChI is InChI=1S/C51H81O14P/c1-3-5-7-9-11-13-15-17-19-21-23-25-27-29-31-33-35-37-44(53)62-40-43(41-63-66(60,61)65-51-49(58)47(56)46(55)48(57)50(51)59)64-45(54)39-38-42(52)36-34-32-30-28-26-24-22-20-18-16-14-12-10-8-6-4-2/h6,8,11-14,17-20,23-26,30,32,34,36,42-43,46-52,55-59H,3-5,7,9-10,15-16,21-22,27-29,31,33,35,37-41H2,1-2H3,(H,60,61)/b8-6-,13-11-,14-12-,19-17-,20-18-,25-23-,26-24-,32-30-,36-34-/t42?,43-,46?,47-,48+,49-,50-,51?/m1/s1. The van der Waals surface area contributed by atoms with Gasteiger partial charge in [-0.25, -0.2) is 4.57 Å². The van der Waals surface area contributed by atoms with E-state index in [9.17, 15) is 49.7 Å². The zero-order valence-electron chi connectivity index (χ0n) is 39.3. The van der Waals surface area contributed by atoms with Crippen LogP contribution in [0, 0.1) is 0 Å². The molecule has 14 nitrogen and oxygen atoms in total. The van der Waals surface area contributed by atoms with Crippen LogP contribution in [-0.4, -0.2) is 110 Å². The number of rotatable bonds is 37. The zero-order chi connectivity index (χ0) is 48.7. The van der Waals surface area contributed by atoms with E-state index in [1.807, 2.05) is 12.2 Å². The van der Waals surface area contributed by atoms with Crippen LogP contribution in [-0.2, 0) is 32.7 Å². The second kappa shape index (κ2) is 39.5. The van der Waals surface area contributed by atoms with Crippen molar-refractivity contribution in [2.75, 3.05) is 13.2 Å². The first-order valence-electron chi connectivity index (χ1n) is 23.8. The number of phosphoric ester groups is 1. The van der Waals surface area contributed by atoms with Crippen LogP contribution in [0.2, 0.25) is 0 Å². The molecule has 0 aromatic heterocycles. The molecule has 0 bridgehead atoms. The molecule has 1 saturated carbocycles. The highest BCUT2D eigenvalue weighted by Crippen LogP contribution is 2.47. The van der Waals surface area contributed by atoms with Gasteiger partial charge in [0.1, 0.15) is 43.2 Å². The van der Waals surface area contributed by atoms with E-state index < -0.39 is 81.8 Å². The zero-order valence-corrected chi connectivity index (χ0v) is 40.2. The molecule has 0 aromatic rings. The third-order valence-electron chi connectivity index (χ3n) is 10.2. The third-order valence-corrected chi connectivity index (χ3v) is 11.2. The van der Waals surface area contributed by atoms with E-state index in [0.717, 1.165) is 70.6 Å². The maximum absolute atomic E-state index is 12.8. The van der Waals surface area contributed by atoms with Crippen LogP contribution in [0.4, 0.5) is 0 Å². The van der Waals surface area contributed by atoms with Crippen molar-refractivity contribution in [3.05, 3.63) is 109 Å². The number of phosphoric acid groups is 1. The molecule has 1 fully saturated rings. The van der Waals surface area contributed by atoms with Crippen molar-refractivity contribution in [1.82, 2.24) is 0 Å². The molecular weight excluding hydrogens is 868 g/mol. The molecule has 4 unspecified atom stereocenters. The summed E-state index contributed by atoms with van der Waals surface area (Å²) in [6, 6.07) is 0. The van der Waals surface area contributed by atoms with Crippen LogP contribution < -0.4 is 0 Å². The van der Waals surface area contributed by atoms with Crippen LogP contribution in [0.5, 0.6) is 0 Å². The Balaban J connectivity index is 2.59. The molecular formula is C51H81O14P. The van der Waals surface area contributed by atoms with Crippen molar-refractivity contribution in [3.8, 4) is 0 Å². The number of hydrogen-bond donors (Lipinski definition) is 7. The smallest absolute Gasteiger partial charge is 0.462 e. The Labute approximate surface area is 394 Å². The molecule has 0 aliphatic heterocycles. The van der Waals surface area contributed by atoms with Gasteiger partial charge in [0.15, 0.2) is 6.10 Å². The highest BCUT2D eigenvalue weighted by atomic mass is 31.2. The van der Waals surface area contributed by atoms with E-state index in [-0.39, 0.29) is 19.3 Å². The van der Waals surface area contributed by atoms with Crippen LogP contribution >= 0.6 is 7.82 Å². The van der Waals surface area contributed by atoms with Gasteiger partial charge in [0.05, 0.1) is 12.7 Å². The molecule has 15 heteroatoms. The van der Waals surface area contributed by atoms with E-state index in [1.165, 1.54) is 25.3 Å². The van der Waals surface area contributed by atoms with Crippen molar-refractivity contribution in [2.24, 2.45) is 0 Å². The summed E-state index contributed by atoms with van der Waals surface area (Å²) < 4.78 is 33.3. The maximum Gasteiger partial charge on any atom is 0.472 e. The van der Waals surface area contributed by atoms with Gasteiger partial charge in [-0.05, 0) is 83.5 Å². The first-order valence-corrected chi connectivity index (χ1v) is 25.3.